The Kier molecular flexibility index (Phi) is 3.03. The Morgan fingerprint density at radius 3 is 3.05 bits per heavy atom. The summed E-state index contributed by atoms with van der Waals surface area (Å²) in [5, 5.41) is 23.9. The van der Waals surface area contributed by atoms with E-state index in [2.05, 4.69) is 20.5 Å². The van der Waals surface area contributed by atoms with Crippen LogP contribution in [0.15, 0.2) is 21.3 Å². The summed E-state index contributed by atoms with van der Waals surface area (Å²) in [7, 11) is 0. The van der Waals surface area contributed by atoms with E-state index in [4.69, 9.17) is 9.63 Å². The molecule has 0 aliphatic carbocycles. The number of rotatable bonds is 4. The van der Waals surface area contributed by atoms with E-state index in [1.165, 1.54) is 16.0 Å². The highest BCUT2D eigenvalue weighted by Gasteiger charge is 2.17. The van der Waals surface area contributed by atoms with Gasteiger partial charge in [0.05, 0.1) is 11.3 Å². The minimum absolute atomic E-state index is 0.0773. The van der Waals surface area contributed by atoms with Crippen LogP contribution in [0.3, 0.4) is 0 Å². The number of thiophene rings is 1. The quantitative estimate of drug-likeness (QED) is 0.775. The molecule has 0 aliphatic heterocycles. The lowest BCUT2D eigenvalue weighted by Crippen LogP contribution is -2.07. The maximum Gasteiger partial charge on any atom is 0.358 e. The van der Waals surface area contributed by atoms with Gasteiger partial charge in [-0.05, 0) is 18.4 Å². The molecular formula is C11H9N5O3S. The van der Waals surface area contributed by atoms with Crippen molar-refractivity contribution in [1.82, 2.24) is 25.1 Å². The van der Waals surface area contributed by atoms with Crippen LogP contribution >= 0.6 is 11.3 Å². The van der Waals surface area contributed by atoms with Gasteiger partial charge in [-0.25, -0.2) is 9.48 Å². The second-order valence-corrected chi connectivity index (χ2v) is 4.79. The SMILES string of the molecule is Cc1c(C(=O)O)nnn1Cc1noc(-c2ccsc2)n1. The maximum absolute atomic E-state index is 10.9. The molecule has 0 unspecified atom stereocenters. The van der Waals surface area contributed by atoms with E-state index in [-0.39, 0.29) is 12.2 Å². The molecule has 0 aromatic carbocycles. The van der Waals surface area contributed by atoms with Gasteiger partial charge >= 0.3 is 5.97 Å². The maximum atomic E-state index is 10.9. The second-order valence-electron chi connectivity index (χ2n) is 4.01. The highest BCUT2D eigenvalue weighted by atomic mass is 32.1. The fraction of sp³-hybridized carbons (Fsp3) is 0.182. The number of aromatic nitrogens is 5. The first-order chi connectivity index (χ1) is 9.65. The fourth-order valence-electron chi connectivity index (χ4n) is 1.66. The average molecular weight is 291 g/mol. The minimum atomic E-state index is -1.11. The first-order valence-electron chi connectivity index (χ1n) is 5.63. The minimum Gasteiger partial charge on any atom is -0.476 e. The molecule has 3 aromatic heterocycles. The number of hydrogen-bond acceptors (Lipinski definition) is 7. The smallest absolute Gasteiger partial charge is 0.358 e. The van der Waals surface area contributed by atoms with Gasteiger partial charge in [0.1, 0.15) is 6.54 Å². The van der Waals surface area contributed by atoms with Gasteiger partial charge in [0.2, 0.25) is 0 Å². The van der Waals surface area contributed by atoms with Crippen LogP contribution in [0.2, 0.25) is 0 Å². The van der Waals surface area contributed by atoms with Crippen LogP contribution in [-0.2, 0) is 6.54 Å². The van der Waals surface area contributed by atoms with E-state index in [1.54, 1.807) is 6.92 Å². The van der Waals surface area contributed by atoms with Gasteiger partial charge in [-0.15, -0.1) is 5.10 Å². The Balaban J connectivity index is 1.84. The molecule has 3 rings (SSSR count). The van der Waals surface area contributed by atoms with Gasteiger partial charge < -0.3 is 9.63 Å². The Bertz CT molecular complexity index is 746. The predicted octanol–water partition coefficient (Wildman–Crippen LogP) is 1.44. The van der Waals surface area contributed by atoms with Crippen molar-refractivity contribution in [3.63, 3.8) is 0 Å². The molecule has 8 nitrogen and oxygen atoms in total. The van der Waals surface area contributed by atoms with Crippen molar-refractivity contribution in [2.75, 3.05) is 0 Å². The molecule has 3 aromatic rings. The molecule has 0 bridgehead atoms. The van der Waals surface area contributed by atoms with Crippen molar-refractivity contribution in [3.05, 3.63) is 34.0 Å². The predicted molar refractivity (Wildman–Crippen MR) is 68.4 cm³/mol. The number of aromatic carboxylic acids is 1. The van der Waals surface area contributed by atoms with Crippen LogP contribution in [-0.4, -0.2) is 36.2 Å². The number of carboxylic acids is 1. The summed E-state index contributed by atoms with van der Waals surface area (Å²) < 4.78 is 6.57. The van der Waals surface area contributed by atoms with Gasteiger partial charge in [0, 0.05) is 5.38 Å². The molecule has 0 saturated carbocycles. The molecule has 1 N–H and O–H groups in total. The second kappa shape index (κ2) is 4.85. The van der Waals surface area contributed by atoms with Gasteiger partial charge in [0.25, 0.3) is 5.89 Å². The average Bonchev–Trinajstić information content (AvgIpc) is 3.12. The first-order valence-corrected chi connectivity index (χ1v) is 6.58. The van der Waals surface area contributed by atoms with Crippen LogP contribution in [0.1, 0.15) is 22.0 Å². The summed E-state index contributed by atoms with van der Waals surface area (Å²) in [6.45, 7) is 1.84. The third kappa shape index (κ3) is 2.18. The molecule has 20 heavy (non-hydrogen) atoms. The van der Waals surface area contributed by atoms with E-state index < -0.39 is 5.97 Å². The molecule has 0 fully saturated rings. The third-order valence-corrected chi connectivity index (χ3v) is 3.40. The monoisotopic (exact) mass is 291 g/mol. The molecule has 0 radical (unpaired) electrons. The molecule has 0 aliphatic rings. The van der Waals surface area contributed by atoms with E-state index in [0.717, 1.165) is 5.56 Å². The fourth-order valence-corrected chi connectivity index (χ4v) is 2.29. The van der Waals surface area contributed by atoms with Crippen molar-refractivity contribution in [2.24, 2.45) is 0 Å². The highest BCUT2D eigenvalue weighted by Crippen LogP contribution is 2.20. The Labute approximate surface area is 116 Å². The van der Waals surface area contributed by atoms with Crippen LogP contribution in [0.5, 0.6) is 0 Å². The van der Waals surface area contributed by atoms with Crippen LogP contribution < -0.4 is 0 Å². The van der Waals surface area contributed by atoms with Gasteiger partial charge in [-0.2, -0.15) is 16.3 Å². The van der Waals surface area contributed by atoms with Crippen molar-refractivity contribution in [3.8, 4) is 11.5 Å². The van der Waals surface area contributed by atoms with Gasteiger partial charge in [-0.1, -0.05) is 10.4 Å². The summed E-state index contributed by atoms with van der Waals surface area (Å²) in [5.74, 6) is -0.269. The van der Waals surface area contributed by atoms with E-state index in [9.17, 15) is 4.79 Å². The van der Waals surface area contributed by atoms with Gasteiger partial charge in [0.15, 0.2) is 11.5 Å². The van der Waals surface area contributed by atoms with Crippen LogP contribution in [0.25, 0.3) is 11.5 Å². The Morgan fingerprint density at radius 1 is 1.55 bits per heavy atom. The van der Waals surface area contributed by atoms with Crippen molar-refractivity contribution in [2.45, 2.75) is 13.5 Å². The largest absolute Gasteiger partial charge is 0.476 e. The molecule has 3 heterocycles. The molecule has 0 spiro atoms. The van der Waals surface area contributed by atoms with E-state index in [0.29, 0.717) is 17.4 Å². The summed E-state index contributed by atoms with van der Waals surface area (Å²) in [6, 6.07) is 1.88. The zero-order valence-electron chi connectivity index (χ0n) is 10.3. The van der Waals surface area contributed by atoms with E-state index in [1.807, 2.05) is 16.8 Å². The molecule has 102 valence electrons. The molecule has 9 heteroatoms. The number of carbonyl (C=O) groups is 1. The molecule has 0 atom stereocenters. The van der Waals surface area contributed by atoms with E-state index >= 15 is 0 Å². The normalized spacial score (nSPS) is 10.8. The Hall–Kier alpha value is -2.55. The lowest BCUT2D eigenvalue weighted by molar-refractivity contribution is 0.0689. The zero-order chi connectivity index (χ0) is 14.1. The van der Waals surface area contributed by atoms with Crippen molar-refractivity contribution >= 4 is 17.3 Å². The van der Waals surface area contributed by atoms with Gasteiger partial charge in [-0.3, -0.25) is 0 Å². The lowest BCUT2D eigenvalue weighted by atomic mass is 10.3. The standard InChI is InChI=1S/C11H9N5O3S/c1-6-9(11(17)18)13-15-16(6)4-8-12-10(19-14-8)7-2-3-20-5-7/h2-3,5H,4H2,1H3,(H,17,18). The third-order valence-electron chi connectivity index (χ3n) is 2.71. The highest BCUT2D eigenvalue weighted by molar-refractivity contribution is 7.08. The molecular weight excluding hydrogens is 282 g/mol. The topological polar surface area (TPSA) is 107 Å². The summed E-state index contributed by atoms with van der Waals surface area (Å²) in [6.07, 6.45) is 0. The number of nitrogens with zero attached hydrogens (tertiary/aromatic N) is 5. The zero-order valence-corrected chi connectivity index (χ0v) is 11.2. The van der Waals surface area contributed by atoms with Crippen molar-refractivity contribution in [1.29, 1.82) is 0 Å². The number of hydrogen-bond donors (Lipinski definition) is 1. The van der Waals surface area contributed by atoms with Crippen LogP contribution in [0.4, 0.5) is 0 Å². The molecule has 0 amide bonds. The lowest BCUT2D eigenvalue weighted by Gasteiger charge is -1.97. The first kappa shape index (κ1) is 12.5. The number of carboxylic acid groups (broad SMARTS) is 1. The van der Waals surface area contributed by atoms with Crippen LogP contribution in [0, 0.1) is 6.92 Å². The summed E-state index contributed by atoms with van der Waals surface area (Å²) in [5.41, 5.74) is 1.22. The van der Waals surface area contributed by atoms with Crippen molar-refractivity contribution < 1.29 is 14.4 Å². The summed E-state index contributed by atoms with van der Waals surface area (Å²) in [4.78, 5) is 15.1. The molecule has 0 saturated heterocycles. The summed E-state index contributed by atoms with van der Waals surface area (Å²) >= 11 is 1.54. The Morgan fingerprint density at radius 2 is 2.40 bits per heavy atom.